The van der Waals surface area contributed by atoms with Gasteiger partial charge < -0.3 is 9.64 Å². The molecule has 0 fully saturated rings. The van der Waals surface area contributed by atoms with Gasteiger partial charge in [-0.2, -0.15) is 5.10 Å². The van der Waals surface area contributed by atoms with Crippen molar-refractivity contribution in [1.82, 2.24) is 15.1 Å². The highest BCUT2D eigenvalue weighted by molar-refractivity contribution is 5.95. The van der Waals surface area contributed by atoms with Gasteiger partial charge in [0.05, 0.1) is 18.4 Å². The maximum atomic E-state index is 12.3. The Hall–Kier alpha value is -1.36. The van der Waals surface area contributed by atoms with E-state index in [1.165, 1.54) is 0 Å². The fourth-order valence-electron chi connectivity index (χ4n) is 1.65. The zero-order chi connectivity index (χ0) is 12.8. The Morgan fingerprint density at radius 2 is 2.35 bits per heavy atom. The zero-order valence-electron chi connectivity index (χ0n) is 11.0. The molecule has 0 bridgehead atoms. The Bertz CT molecular complexity index is 362. The lowest BCUT2D eigenvalue weighted by Gasteiger charge is -2.28. The molecule has 1 rings (SSSR count). The molecule has 1 unspecified atom stereocenters. The highest BCUT2D eigenvalue weighted by Crippen LogP contribution is 2.12. The van der Waals surface area contributed by atoms with Gasteiger partial charge in [-0.1, -0.05) is 6.92 Å². The SMILES string of the molecule is CCC(C)N(CCOC)C(=O)c1cn[nH]c1C. The van der Waals surface area contributed by atoms with Crippen molar-refractivity contribution in [2.24, 2.45) is 0 Å². The molecule has 17 heavy (non-hydrogen) atoms. The molecule has 1 heterocycles. The minimum Gasteiger partial charge on any atom is -0.383 e. The van der Waals surface area contributed by atoms with Crippen LogP contribution in [0.4, 0.5) is 0 Å². The first-order valence-electron chi connectivity index (χ1n) is 5.91. The van der Waals surface area contributed by atoms with Crippen molar-refractivity contribution in [1.29, 1.82) is 0 Å². The van der Waals surface area contributed by atoms with Gasteiger partial charge in [-0.15, -0.1) is 0 Å². The standard InChI is InChI=1S/C12H21N3O2/c1-5-9(2)15(6-7-17-4)12(16)11-8-13-14-10(11)3/h8-9H,5-7H2,1-4H3,(H,13,14). The molecule has 0 spiro atoms. The summed E-state index contributed by atoms with van der Waals surface area (Å²) < 4.78 is 5.05. The number of H-pyrrole nitrogens is 1. The monoisotopic (exact) mass is 239 g/mol. The van der Waals surface area contributed by atoms with E-state index in [1.54, 1.807) is 13.3 Å². The van der Waals surface area contributed by atoms with Crippen LogP contribution in [0.3, 0.4) is 0 Å². The number of aromatic nitrogens is 2. The number of amides is 1. The number of ether oxygens (including phenoxy) is 1. The molecule has 0 saturated heterocycles. The van der Waals surface area contributed by atoms with Crippen LogP contribution in [0.2, 0.25) is 0 Å². The molecule has 1 atom stereocenters. The molecule has 0 aliphatic heterocycles. The van der Waals surface area contributed by atoms with Crippen molar-refractivity contribution < 1.29 is 9.53 Å². The summed E-state index contributed by atoms with van der Waals surface area (Å²) in [7, 11) is 1.64. The summed E-state index contributed by atoms with van der Waals surface area (Å²) >= 11 is 0. The number of rotatable bonds is 6. The van der Waals surface area contributed by atoms with Crippen LogP contribution in [0.5, 0.6) is 0 Å². The van der Waals surface area contributed by atoms with Crippen LogP contribution in [0.25, 0.3) is 0 Å². The minimum absolute atomic E-state index is 0.0163. The first-order valence-corrected chi connectivity index (χ1v) is 5.91. The second kappa shape index (κ2) is 6.39. The van der Waals surface area contributed by atoms with Gasteiger partial charge in [0, 0.05) is 25.4 Å². The number of carbonyl (C=O) groups excluding carboxylic acids is 1. The largest absolute Gasteiger partial charge is 0.383 e. The van der Waals surface area contributed by atoms with Crippen LogP contribution < -0.4 is 0 Å². The first-order chi connectivity index (χ1) is 8.11. The van der Waals surface area contributed by atoms with Crippen LogP contribution in [-0.2, 0) is 4.74 Å². The van der Waals surface area contributed by atoms with E-state index in [1.807, 2.05) is 18.7 Å². The molecule has 1 aromatic rings. The normalized spacial score (nSPS) is 12.5. The average molecular weight is 239 g/mol. The number of methoxy groups -OCH3 is 1. The first kappa shape index (κ1) is 13.7. The summed E-state index contributed by atoms with van der Waals surface area (Å²) in [6.45, 7) is 7.12. The third-order valence-corrected chi connectivity index (χ3v) is 2.98. The molecule has 5 heteroatoms. The van der Waals surface area contributed by atoms with E-state index in [4.69, 9.17) is 4.74 Å². The maximum Gasteiger partial charge on any atom is 0.257 e. The van der Waals surface area contributed by atoms with Gasteiger partial charge in [0.2, 0.25) is 0 Å². The number of hydrogen-bond donors (Lipinski definition) is 1. The molecule has 0 saturated carbocycles. The Morgan fingerprint density at radius 3 is 2.82 bits per heavy atom. The third-order valence-electron chi connectivity index (χ3n) is 2.98. The number of nitrogens with zero attached hydrogens (tertiary/aromatic N) is 2. The number of hydrogen-bond acceptors (Lipinski definition) is 3. The van der Waals surface area contributed by atoms with Crippen molar-refractivity contribution in [2.45, 2.75) is 33.2 Å². The quantitative estimate of drug-likeness (QED) is 0.820. The topological polar surface area (TPSA) is 58.2 Å². The summed E-state index contributed by atoms with van der Waals surface area (Å²) in [6, 6.07) is 0.201. The molecule has 1 amide bonds. The fraction of sp³-hybridized carbons (Fsp3) is 0.667. The van der Waals surface area contributed by atoms with E-state index < -0.39 is 0 Å². The van der Waals surface area contributed by atoms with E-state index in [0.717, 1.165) is 12.1 Å². The molecular formula is C12H21N3O2. The van der Waals surface area contributed by atoms with Crippen molar-refractivity contribution in [3.63, 3.8) is 0 Å². The minimum atomic E-state index is 0.0163. The Labute approximate surface area is 102 Å². The van der Waals surface area contributed by atoms with E-state index in [0.29, 0.717) is 18.7 Å². The molecule has 1 N–H and O–H groups in total. The molecule has 0 aliphatic rings. The van der Waals surface area contributed by atoms with Gasteiger partial charge in [-0.25, -0.2) is 0 Å². The van der Waals surface area contributed by atoms with Crippen LogP contribution in [0, 0.1) is 6.92 Å². The molecule has 96 valence electrons. The third kappa shape index (κ3) is 3.30. The zero-order valence-corrected chi connectivity index (χ0v) is 11.0. The second-order valence-electron chi connectivity index (χ2n) is 4.16. The molecule has 5 nitrogen and oxygen atoms in total. The van der Waals surface area contributed by atoms with Crippen molar-refractivity contribution in [2.75, 3.05) is 20.3 Å². The van der Waals surface area contributed by atoms with E-state index in [-0.39, 0.29) is 11.9 Å². The van der Waals surface area contributed by atoms with Gasteiger partial charge in [0.1, 0.15) is 0 Å². The lowest BCUT2D eigenvalue weighted by molar-refractivity contribution is 0.0613. The number of aromatic amines is 1. The van der Waals surface area contributed by atoms with Crippen molar-refractivity contribution in [3.8, 4) is 0 Å². The smallest absolute Gasteiger partial charge is 0.257 e. The molecule has 0 aromatic carbocycles. The summed E-state index contributed by atoms with van der Waals surface area (Å²) in [6.07, 6.45) is 2.51. The second-order valence-corrected chi connectivity index (χ2v) is 4.16. The summed E-state index contributed by atoms with van der Waals surface area (Å²) in [5.74, 6) is 0.0163. The molecule has 1 aromatic heterocycles. The van der Waals surface area contributed by atoms with Crippen LogP contribution in [0.1, 0.15) is 36.3 Å². The predicted octanol–water partition coefficient (Wildman–Crippen LogP) is 1.61. The van der Waals surface area contributed by atoms with Gasteiger partial charge in [0.25, 0.3) is 5.91 Å². The van der Waals surface area contributed by atoms with Crippen LogP contribution >= 0.6 is 0 Å². The van der Waals surface area contributed by atoms with Gasteiger partial charge in [-0.3, -0.25) is 9.89 Å². The highest BCUT2D eigenvalue weighted by atomic mass is 16.5. The Morgan fingerprint density at radius 1 is 1.65 bits per heavy atom. The summed E-state index contributed by atoms with van der Waals surface area (Å²) in [5.41, 5.74) is 1.45. The van der Waals surface area contributed by atoms with Gasteiger partial charge in [-0.05, 0) is 20.3 Å². The molecule has 0 aliphatic carbocycles. The summed E-state index contributed by atoms with van der Waals surface area (Å²) in [5, 5.41) is 6.68. The lowest BCUT2D eigenvalue weighted by atomic mass is 10.1. The van der Waals surface area contributed by atoms with Crippen LogP contribution in [-0.4, -0.2) is 47.3 Å². The summed E-state index contributed by atoms with van der Waals surface area (Å²) in [4.78, 5) is 14.2. The van der Waals surface area contributed by atoms with Crippen molar-refractivity contribution in [3.05, 3.63) is 17.5 Å². The lowest BCUT2D eigenvalue weighted by Crippen LogP contribution is -2.40. The van der Waals surface area contributed by atoms with Crippen LogP contribution in [0.15, 0.2) is 6.20 Å². The number of aryl methyl sites for hydroxylation is 1. The fourth-order valence-corrected chi connectivity index (χ4v) is 1.65. The molecule has 0 radical (unpaired) electrons. The molecular weight excluding hydrogens is 218 g/mol. The maximum absolute atomic E-state index is 12.3. The van der Waals surface area contributed by atoms with E-state index in [9.17, 15) is 4.79 Å². The highest BCUT2D eigenvalue weighted by Gasteiger charge is 2.22. The van der Waals surface area contributed by atoms with Gasteiger partial charge in [0.15, 0.2) is 0 Å². The number of nitrogens with one attached hydrogen (secondary N) is 1. The van der Waals surface area contributed by atoms with Crippen molar-refractivity contribution >= 4 is 5.91 Å². The van der Waals surface area contributed by atoms with E-state index >= 15 is 0 Å². The van der Waals surface area contributed by atoms with Gasteiger partial charge >= 0.3 is 0 Å². The Balaban J connectivity index is 2.82. The number of carbonyl (C=O) groups is 1. The van der Waals surface area contributed by atoms with E-state index in [2.05, 4.69) is 17.1 Å². The average Bonchev–Trinajstić information content (AvgIpc) is 2.75. The predicted molar refractivity (Wildman–Crippen MR) is 66.0 cm³/mol. The Kier molecular flexibility index (Phi) is 5.15.